The summed E-state index contributed by atoms with van der Waals surface area (Å²) >= 11 is 0. The van der Waals surface area contributed by atoms with Crippen molar-refractivity contribution in [2.45, 2.75) is 40.2 Å². The van der Waals surface area contributed by atoms with Gasteiger partial charge in [0.05, 0.1) is 0 Å². The molecule has 0 radical (unpaired) electrons. The number of pyridine rings is 1. The number of fused-ring (bicyclic) bond motifs is 1. The maximum atomic E-state index is 12.7. The first-order valence-corrected chi connectivity index (χ1v) is 7.66. The summed E-state index contributed by atoms with van der Waals surface area (Å²) in [5, 5.41) is 7.96. The maximum absolute atomic E-state index is 12.7. The van der Waals surface area contributed by atoms with Gasteiger partial charge in [0.1, 0.15) is 22.8 Å². The number of aromatic nitrogens is 3. The maximum Gasteiger partial charge on any atom is 0.421 e. The van der Waals surface area contributed by atoms with Crippen LogP contribution in [0.25, 0.3) is 11.0 Å². The van der Waals surface area contributed by atoms with Crippen LogP contribution in [0, 0.1) is 13.8 Å². The van der Waals surface area contributed by atoms with Crippen LogP contribution in [0.5, 0.6) is 0 Å². The summed E-state index contributed by atoms with van der Waals surface area (Å²) in [4.78, 5) is 17.0. The molecule has 0 unspecified atom stereocenters. The molecular formula is C17H20N4O3. The van der Waals surface area contributed by atoms with Crippen LogP contribution in [-0.2, 0) is 4.74 Å². The minimum absolute atomic E-state index is 0.495. The fraction of sp³-hybridized carbons (Fsp3) is 0.353. The summed E-state index contributed by atoms with van der Waals surface area (Å²) in [6, 6.07) is 5.56. The number of rotatable bonds is 2. The molecule has 0 fully saturated rings. The van der Waals surface area contributed by atoms with Crippen LogP contribution in [0.15, 0.2) is 28.9 Å². The smallest absolute Gasteiger partial charge is 0.421 e. The Hall–Kier alpha value is -2.83. The minimum atomic E-state index is -0.608. The predicted molar refractivity (Wildman–Crippen MR) is 90.6 cm³/mol. The fourth-order valence-electron chi connectivity index (χ4n) is 2.41. The SMILES string of the molecule is Cc1noc(C)c1Nc1cc2cccnc2n1C(=O)OC(C)(C)C. The van der Waals surface area contributed by atoms with Crippen molar-refractivity contribution < 1.29 is 14.1 Å². The summed E-state index contributed by atoms with van der Waals surface area (Å²) in [7, 11) is 0. The molecule has 7 heteroatoms. The van der Waals surface area contributed by atoms with Gasteiger partial charge < -0.3 is 14.6 Å². The first-order chi connectivity index (χ1) is 11.3. The molecule has 0 bridgehead atoms. The van der Waals surface area contributed by atoms with Crippen LogP contribution in [0.1, 0.15) is 32.2 Å². The van der Waals surface area contributed by atoms with Gasteiger partial charge in [0.15, 0.2) is 11.4 Å². The third-order valence-corrected chi connectivity index (χ3v) is 3.42. The second kappa shape index (κ2) is 5.67. The Morgan fingerprint density at radius 3 is 2.71 bits per heavy atom. The van der Waals surface area contributed by atoms with Gasteiger partial charge in [0, 0.05) is 11.6 Å². The highest BCUT2D eigenvalue weighted by molar-refractivity contribution is 5.93. The zero-order valence-corrected chi connectivity index (χ0v) is 14.4. The summed E-state index contributed by atoms with van der Waals surface area (Å²) < 4.78 is 12.1. The third-order valence-electron chi connectivity index (χ3n) is 3.42. The number of carbonyl (C=O) groups excluding carboxylic acids is 1. The Kier molecular flexibility index (Phi) is 3.79. The second-order valence-corrected chi connectivity index (χ2v) is 6.59. The van der Waals surface area contributed by atoms with E-state index in [0.717, 1.165) is 11.1 Å². The molecule has 24 heavy (non-hydrogen) atoms. The van der Waals surface area contributed by atoms with Gasteiger partial charge in [-0.1, -0.05) is 5.16 Å². The molecule has 3 heterocycles. The van der Waals surface area contributed by atoms with Crippen molar-refractivity contribution in [3.63, 3.8) is 0 Å². The lowest BCUT2D eigenvalue weighted by atomic mass is 10.2. The molecule has 1 N–H and O–H groups in total. The lowest BCUT2D eigenvalue weighted by molar-refractivity contribution is 0.0547. The van der Waals surface area contributed by atoms with Crippen LogP contribution in [0.3, 0.4) is 0 Å². The van der Waals surface area contributed by atoms with Crippen LogP contribution in [0.4, 0.5) is 16.3 Å². The Bertz CT molecular complexity index is 883. The van der Waals surface area contributed by atoms with Gasteiger partial charge in [-0.15, -0.1) is 0 Å². The van der Waals surface area contributed by atoms with Gasteiger partial charge in [-0.3, -0.25) is 0 Å². The number of anilines is 2. The van der Waals surface area contributed by atoms with E-state index in [4.69, 9.17) is 9.26 Å². The van der Waals surface area contributed by atoms with E-state index in [1.165, 1.54) is 4.57 Å². The highest BCUT2D eigenvalue weighted by Crippen LogP contribution is 2.29. The Morgan fingerprint density at radius 2 is 2.08 bits per heavy atom. The number of aryl methyl sites for hydroxylation is 2. The lowest BCUT2D eigenvalue weighted by Gasteiger charge is -2.20. The molecule has 0 aliphatic carbocycles. The molecule has 0 spiro atoms. The third kappa shape index (κ3) is 2.97. The monoisotopic (exact) mass is 328 g/mol. The highest BCUT2D eigenvalue weighted by atomic mass is 16.6. The zero-order valence-electron chi connectivity index (χ0n) is 14.4. The van der Waals surface area contributed by atoms with E-state index in [9.17, 15) is 4.79 Å². The zero-order chi connectivity index (χ0) is 17.5. The molecule has 0 atom stereocenters. The summed E-state index contributed by atoms with van der Waals surface area (Å²) in [5.41, 5.74) is 1.35. The molecule has 0 amide bonds. The lowest BCUT2D eigenvalue weighted by Crippen LogP contribution is -2.27. The average Bonchev–Trinajstić information content (AvgIpc) is 3.00. The van der Waals surface area contributed by atoms with Crippen molar-refractivity contribution in [1.82, 2.24) is 14.7 Å². The van der Waals surface area contributed by atoms with Crippen molar-refractivity contribution in [3.05, 3.63) is 35.9 Å². The van der Waals surface area contributed by atoms with E-state index in [1.54, 1.807) is 13.1 Å². The Labute approximate surface area is 139 Å². The number of nitrogens with one attached hydrogen (secondary N) is 1. The van der Waals surface area contributed by atoms with Gasteiger partial charge in [0.2, 0.25) is 0 Å². The Morgan fingerprint density at radius 1 is 1.33 bits per heavy atom. The van der Waals surface area contributed by atoms with Gasteiger partial charge in [-0.2, -0.15) is 0 Å². The normalized spacial score (nSPS) is 11.7. The van der Waals surface area contributed by atoms with Gasteiger partial charge in [-0.05, 0) is 52.8 Å². The number of hydrogen-bond acceptors (Lipinski definition) is 6. The van der Waals surface area contributed by atoms with E-state index >= 15 is 0 Å². The van der Waals surface area contributed by atoms with Gasteiger partial charge >= 0.3 is 6.09 Å². The van der Waals surface area contributed by atoms with Crippen LogP contribution in [-0.4, -0.2) is 26.4 Å². The van der Waals surface area contributed by atoms with Crippen molar-refractivity contribution >= 4 is 28.6 Å². The van der Waals surface area contributed by atoms with Crippen LogP contribution < -0.4 is 5.32 Å². The summed E-state index contributed by atoms with van der Waals surface area (Å²) in [6.45, 7) is 9.11. The fourth-order valence-corrected chi connectivity index (χ4v) is 2.41. The van der Waals surface area contributed by atoms with E-state index in [2.05, 4.69) is 15.5 Å². The molecule has 3 aromatic rings. The molecule has 0 aromatic carbocycles. The number of carbonyl (C=O) groups is 1. The summed E-state index contributed by atoms with van der Waals surface area (Å²) in [6.07, 6.45) is 1.15. The van der Waals surface area contributed by atoms with E-state index < -0.39 is 11.7 Å². The highest BCUT2D eigenvalue weighted by Gasteiger charge is 2.23. The first-order valence-electron chi connectivity index (χ1n) is 7.66. The van der Waals surface area contributed by atoms with Crippen LogP contribution >= 0.6 is 0 Å². The van der Waals surface area contributed by atoms with E-state index in [1.807, 2.05) is 45.9 Å². The Balaban J connectivity index is 2.10. The molecule has 3 aromatic heterocycles. The molecule has 0 aliphatic heterocycles. The van der Waals surface area contributed by atoms with Crippen LogP contribution in [0.2, 0.25) is 0 Å². The standard InChI is InChI=1S/C17H20N4O3/c1-10-14(11(2)24-20-10)19-13-9-12-7-6-8-18-15(12)21(13)16(22)23-17(3,4)5/h6-9,19H,1-5H3. The van der Waals surface area contributed by atoms with Gasteiger partial charge in [0.25, 0.3) is 0 Å². The molecule has 126 valence electrons. The second-order valence-electron chi connectivity index (χ2n) is 6.59. The van der Waals surface area contributed by atoms with Crippen molar-refractivity contribution in [3.8, 4) is 0 Å². The van der Waals surface area contributed by atoms with E-state index in [0.29, 0.717) is 22.9 Å². The van der Waals surface area contributed by atoms with Crippen molar-refractivity contribution in [1.29, 1.82) is 0 Å². The van der Waals surface area contributed by atoms with Gasteiger partial charge in [-0.25, -0.2) is 14.3 Å². The minimum Gasteiger partial charge on any atom is -0.443 e. The first kappa shape index (κ1) is 16.0. The predicted octanol–water partition coefficient (Wildman–Crippen LogP) is 4.17. The molecule has 0 saturated carbocycles. The number of hydrogen-bond donors (Lipinski definition) is 1. The number of nitrogens with zero attached hydrogens (tertiary/aromatic N) is 3. The molecule has 3 rings (SSSR count). The van der Waals surface area contributed by atoms with Crippen molar-refractivity contribution in [2.75, 3.05) is 5.32 Å². The largest absolute Gasteiger partial charge is 0.443 e. The molecular weight excluding hydrogens is 308 g/mol. The summed E-state index contributed by atoms with van der Waals surface area (Å²) in [5.74, 6) is 1.19. The number of ether oxygens (including phenoxy) is 1. The molecule has 0 saturated heterocycles. The average molecular weight is 328 g/mol. The quantitative estimate of drug-likeness (QED) is 0.760. The molecule has 7 nitrogen and oxygen atoms in total. The topological polar surface area (TPSA) is 82.2 Å². The molecule has 0 aliphatic rings. The van der Waals surface area contributed by atoms with E-state index in [-0.39, 0.29) is 0 Å². The van der Waals surface area contributed by atoms with Crippen molar-refractivity contribution in [2.24, 2.45) is 0 Å².